The van der Waals surface area contributed by atoms with Crippen LogP contribution in [0, 0.1) is 11.3 Å². The molecule has 0 N–H and O–H groups in total. The third-order valence-electron chi connectivity index (χ3n) is 2.23. The van der Waals surface area contributed by atoms with Crippen LogP contribution >= 0.6 is 0 Å². The van der Waals surface area contributed by atoms with Gasteiger partial charge in [0.15, 0.2) is 0 Å². The van der Waals surface area contributed by atoms with Crippen LogP contribution in [0.4, 0.5) is 0 Å². The van der Waals surface area contributed by atoms with E-state index in [-0.39, 0.29) is 0 Å². The third-order valence-corrected chi connectivity index (χ3v) is 2.23. The zero-order chi connectivity index (χ0) is 9.80. The molecule has 1 aromatic rings. The molecule has 0 atom stereocenters. The van der Waals surface area contributed by atoms with Crippen LogP contribution in [0.2, 0.25) is 0 Å². The van der Waals surface area contributed by atoms with Crippen molar-refractivity contribution in [2.45, 2.75) is 12.8 Å². The number of hydrogen-bond donors (Lipinski definition) is 0. The molecule has 1 heterocycles. The Morgan fingerprint density at radius 1 is 1.50 bits per heavy atom. The predicted molar refractivity (Wildman–Crippen MR) is 54.9 cm³/mol. The lowest BCUT2D eigenvalue weighted by molar-refractivity contribution is 0.357. The van der Waals surface area contributed by atoms with Gasteiger partial charge in [-0.25, -0.2) is 0 Å². The van der Waals surface area contributed by atoms with Crippen LogP contribution in [0.1, 0.15) is 17.5 Å². The zero-order valence-electron chi connectivity index (χ0n) is 7.86. The van der Waals surface area contributed by atoms with E-state index in [1.165, 1.54) is 5.56 Å². The van der Waals surface area contributed by atoms with Gasteiger partial charge in [-0.05, 0) is 23.3 Å². The van der Waals surface area contributed by atoms with Crippen molar-refractivity contribution >= 4 is 6.08 Å². The zero-order valence-corrected chi connectivity index (χ0v) is 7.86. The Bertz CT molecular complexity index is 401. The van der Waals surface area contributed by atoms with Gasteiger partial charge in [-0.3, -0.25) is 0 Å². The summed E-state index contributed by atoms with van der Waals surface area (Å²) in [6, 6.07) is 8.21. The predicted octanol–water partition coefficient (Wildman–Crippen LogP) is 2.55. The summed E-state index contributed by atoms with van der Waals surface area (Å²) >= 11 is 0. The monoisotopic (exact) mass is 185 g/mol. The fourth-order valence-electron chi connectivity index (χ4n) is 1.56. The molecule has 0 spiro atoms. The van der Waals surface area contributed by atoms with Gasteiger partial charge in [0.2, 0.25) is 0 Å². The standard InChI is InChI=1S/C12H11NO/c13-7-2-1-3-10-4-5-12-11(9-10)6-8-14-12/h1,3-5,9H,2,6,8H2. The number of ether oxygens (including phenoxy) is 1. The summed E-state index contributed by atoms with van der Waals surface area (Å²) in [6.07, 6.45) is 5.31. The van der Waals surface area contributed by atoms with Crippen molar-refractivity contribution in [2.75, 3.05) is 6.61 Å². The quantitative estimate of drug-likeness (QED) is 0.709. The molecule has 0 bridgehead atoms. The van der Waals surface area contributed by atoms with E-state index in [0.717, 1.165) is 24.3 Å². The molecule has 0 unspecified atom stereocenters. The van der Waals surface area contributed by atoms with Crippen molar-refractivity contribution in [1.82, 2.24) is 0 Å². The Hall–Kier alpha value is -1.75. The molecular formula is C12H11NO. The molecule has 1 aromatic carbocycles. The summed E-state index contributed by atoms with van der Waals surface area (Å²) in [5.74, 6) is 1.00. The van der Waals surface area contributed by atoms with E-state index in [1.807, 2.05) is 24.3 Å². The number of hydrogen-bond acceptors (Lipinski definition) is 2. The van der Waals surface area contributed by atoms with E-state index in [1.54, 1.807) is 0 Å². The van der Waals surface area contributed by atoms with Gasteiger partial charge in [0.05, 0.1) is 19.1 Å². The first-order valence-corrected chi connectivity index (χ1v) is 4.69. The molecule has 2 nitrogen and oxygen atoms in total. The van der Waals surface area contributed by atoms with Crippen molar-refractivity contribution in [3.8, 4) is 11.8 Å². The maximum Gasteiger partial charge on any atom is 0.122 e. The number of fused-ring (bicyclic) bond motifs is 1. The molecule has 0 saturated carbocycles. The highest BCUT2D eigenvalue weighted by molar-refractivity contribution is 5.54. The Labute approximate surface area is 83.4 Å². The molecule has 0 aromatic heterocycles. The molecule has 70 valence electrons. The van der Waals surface area contributed by atoms with Crippen LogP contribution in [-0.4, -0.2) is 6.61 Å². The second-order valence-corrected chi connectivity index (χ2v) is 3.23. The summed E-state index contributed by atoms with van der Waals surface area (Å²) in [6.45, 7) is 0.792. The van der Waals surface area contributed by atoms with Gasteiger partial charge in [-0.1, -0.05) is 18.2 Å². The molecule has 2 heteroatoms. The summed E-state index contributed by atoms with van der Waals surface area (Å²) < 4.78 is 5.40. The smallest absolute Gasteiger partial charge is 0.122 e. The normalized spacial score (nSPS) is 13.6. The van der Waals surface area contributed by atoms with Crippen LogP contribution in [0.3, 0.4) is 0 Å². The number of allylic oxidation sites excluding steroid dienone is 1. The van der Waals surface area contributed by atoms with Crippen molar-refractivity contribution in [3.63, 3.8) is 0 Å². The minimum Gasteiger partial charge on any atom is -0.493 e. The van der Waals surface area contributed by atoms with Crippen molar-refractivity contribution in [1.29, 1.82) is 5.26 Å². The number of benzene rings is 1. The average molecular weight is 185 g/mol. The van der Waals surface area contributed by atoms with Crippen molar-refractivity contribution in [2.24, 2.45) is 0 Å². The first kappa shape index (κ1) is 8.83. The largest absolute Gasteiger partial charge is 0.493 e. The second kappa shape index (κ2) is 3.97. The topological polar surface area (TPSA) is 33.0 Å². The Balaban J connectivity index is 2.17. The molecule has 0 fully saturated rings. The lowest BCUT2D eigenvalue weighted by atomic mass is 10.1. The fourth-order valence-corrected chi connectivity index (χ4v) is 1.56. The molecule has 0 amide bonds. The van der Waals surface area contributed by atoms with Gasteiger partial charge in [-0.2, -0.15) is 5.26 Å². The highest BCUT2D eigenvalue weighted by atomic mass is 16.5. The van der Waals surface area contributed by atoms with Crippen LogP contribution in [0.25, 0.3) is 6.08 Å². The van der Waals surface area contributed by atoms with E-state index in [9.17, 15) is 0 Å². The number of nitrogens with zero attached hydrogens (tertiary/aromatic N) is 1. The maximum atomic E-state index is 8.38. The molecule has 2 rings (SSSR count). The summed E-state index contributed by atoms with van der Waals surface area (Å²) in [5.41, 5.74) is 2.41. The average Bonchev–Trinajstić information content (AvgIpc) is 2.65. The van der Waals surface area contributed by atoms with Crippen LogP contribution in [-0.2, 0) is 6.42 Å². The molecule has 1 aliphatic rings. The van der Waals surface area contributed by atoms with Crippen LogP contribution in [0.15, 0.2) is 24.3 Å². The van der Waals surface area contributed by atoms with Gasteiger partial charge in [-0.15, -0.1) is 0 Å². The number of nitriles is 1. The Kier molecular flexibility index (Phi) is 2.51. The van der Waals surface area contributed by atoms with Gasteiger partial charge >= 0.3 is 0 Å². The minimum absolute atomic E-state index is 0.466. The minimum atomic E-state index is 0.466. The highest BCUT2D eigenvalue weighted by Crippen LogP contribution is 2.26. The third kappa shape index (κ3) is 1.77. The van der Waals surface area contributed by atoms with Crippen LogP contribution in [0.5, 0.6) is 5.75 Å². The van der Waals surface area contributed by atoms with Crippen LogP contribution < -0.4 is 4.74 Å². The molecule has 0 saturated heterocycles. The van der Waals surface area contributed by atoms with E-state index in [4.69, 9.17) is 10.00 Å². The number of rotatable bonds is 2. The molecular weight excluding hydrogens is 174 g/mol. The van der Waals surface area contributed by atoms with Gasteiger partial charge in [0.1, 0.15) is 5.75 Å². The first-order chi connectivity index (χ1) is 6.90. The lowest BCUT2D eigenvalue weighted by Crippen LogP contribution is -1.85. The lowest BCUT2D eigenvalue weighted by Gasteiger charge is -1.99. The molecule has 0 radical (unpaired) electrons. The SMILES string of the molecule is N#CCC=Cc1ccc2c(c1)CCO2. The van der Waals surface area contributed by atoms with E-state index >= 15 is 0 Å². The van der Waals surface area contributed by atoms with E-state index in [0.29, 0.717) is 6.42 Å². The Morgan fingerprint density at radius 3 is 3.29 bits per heavy atom. The summed E-state index contributed by atoms with van der Waals surface area (Å²) in [4.78, 5) is 0. The summed E-state index contributed by atoms with van der Waals surface area (Å²) in [5, 5.41) is 8.38. The van der Waals surface area contributed by atoms with Crippen molar-refractivity contribution < 1.29 is 4.74 Å². The van der Waals surface area contributed by atoms with Gasteiger partial charge < -0.3 is 4.74 Å². The molecule has 14 heavy (non-hydrogen) atoms. The van der Waals surface area contributed by atoms with Crippen molar-refractivity contribution in [3.05, 3.63) is 35.4 Å². The summed E-state index contributed by atoms with van der Waals surface area (Å²) in [7, 11) is 0. The molecule has 0 aliphatic carbocycles. The van der Waals surface area contributed by atoms with Gasteiger partial charge in [0.25, 0.3) is 0 Å². The van der Waals surface area contributed by atoms with E-state index in [2.05, 4.69) is 12.1 Å². The van der Waals surface area contributed by atoms with Gasteiger partial charge in [0, 0.05) is 6.42 Å². The Morgan fingerprint density at radius 2 is 2.43 bits per heavy atom. The fraction of sp³-hybridized carbons (Fsp3) is 0.250. The molecule has 1 aliphatic heterocycles. The second-order valence-electron chi connectivity index (χ2n) is 3.23. The highest BCUT2D eigenvalue weighted by Gasteiger charge is 2.10. The first-order valence-electron chi connectivity index (χ1n) is 4.69. The van der Waals surface area contributed by atoms with E-state index < -0.39 is 0 Å². The maximum absolute atomic E-state index is 8.38.